The minimum Gasteiger partial charge on any atom is -0.331 e. The highest BCUT2D eigenvalue weighted by molar-refractivity contribution is 5.87. The third-order valence-electron chi connectivity index (χ3n) is 6.25. The van der Waals surface area contributed by atoms with Crippen LogP contribution in [0.25, 0.3) is 33.4 Å². The Morgan fingerprint density at radius 1 is 0.969 bits per heavy atom. The van der Waals surface area contributed by atoms with Gasteiger partial charge in [-0.25, -0.2) is 9.37 Å². The van der Waals surface area contributed by atoms with Gasteiger partial charge in [0.05, 0.1) is 23.1 Å². The molecule has 2 aromatic carbocycles. The number of hydrogen-bond acceptors (Lipinski definition) is 4. The van der Waals surface area contributed by atoms with Crippen LogP contribution in [0, 0.1) is 12.7 Å². The molecular formula is C26H28FN5. The standard InChI is InChI=1S/C26H28FN5/c1-19-16-21(5-7-23(19)27)26-22(4-2-9-29-26)20-6-8-24-25(17-20)32(18-30-24)13-3-12-31-14-10-28-11-15-31/h2,4-9,16-18,28H,3,10-15H2,1H3. The summed E-state index contributed by atoms with van der Waals surface area (Å²) in [5, 5.41) is 3.41. The Labute approximate surface area is 187 Å². The SMILES string of the molecule is Cc1cc(-c2ncccc2-c2ccc3ncn(CCCN4CCNCC4)c3c2)ccc1F. The number of imidazole rings is 1. The van der Waals surface area contributed by atoms with Gasteiger partial charge in [0.2, 0.25) is 0 Å². The summed E-state index contributed by atoms with van der Waals surface area (Å²) >= 11 is 0. The van der Waals surface area contributed by atoms with Crippen LogP contribution in [-0.2, 0) is 6.54 Å². The molecular weight excluding hydrogens is 401 g/mol. The van der Waals surface area contributed by atoms with Gasteiger partial charge in [-0.05, 0) is 67.4 Å². The van der Waals surface area contributed by atoms with Crippen molar-refractivity contribution in [2.75, 3.05) is 32.7 Å². The van der Waals surface area contributed by atoms with E-state index in [-0.39, 0.29) is 5.82 Å². The molecule has 32 heavy (non-hydrogen) atoms. The van der Waals surface area contributed by atoms with Crippen molar-refractivity contribution >= 4 is 11.0 Å². The monoisotopic (exact) mass is 429 g/mol. The second kappa shape index (κ2) is 9.18. The average Bonchev–Trinajstić information content (AvgIpc) is 3.24. The molecule has 1 saturated heterocycles. The fraction of sp³-hybridized carbons (Fsp3) is 0.308. The van der Waals surface area contributed by atoms with Crippen molar-refractivity contribution in [1.29, 1.82) is 0 Å². The summed E-state index contributed by atoms with van der Waals surface area (Å²) < 4.78 is 16.1. The second-order valence-corrected chi connectivity index (χ2v) is 8.45. The van der Waals surface area contributed by atoms with Crippen LogP contribution in [0.1, 0.15) is 12.0 Å². The first kappa shape index (κ1) is 20.8. The number of benzene rings is 2. The van der Waals surface area contributed by atoms with Crippen molar-refractivity contribution in [1.82, 2.24) is 24.8 Å². The molecule has 0 amide bonds. The zero-order valence-corrected chi connectivity index (χ0v) is 18.4. The molecule has 1 fully saturated rings. The van der Waals surface area contributed by atoms with Gasteiger partial charge in [-0.2, -0.15) is 0 Å². The molecule has 5 rings (SSSR count). The topological polar surface area (TPSA) is 46.0 Å². The Balaban J connectivity index is 1.43. The van der Waals surface area contributed by atoms with Gasteiger partial charge in [0.15, 0.2) is 0 Å². The summed E-state index contributed by atoms with van der Waals surface area (Å²) in [6.07, 6.45) is 4.83. The van der Waals surface area contributed by atoms with Gasteiger partial charge in [-0.3, -0.25) is 4.98 Å². The van der Waals surface area contributed by atoms with E-state index in [9.17, 15) is 4.39 Å². The van der Waals surface area contributed by atoms with Gasteiger partial charge in [0.25, 0.3) is 0 Å². The summed E-state index contributed by atoms with van der Waals surface area (Å²) in [6, 6.07) is 15.6. The van der Waals surface area contributed by atoms with Crippen LogP contribution in [0.2, 0.25) is 0 Å². The largest absolute Gasteiger partial charge is 0.331 e. The Kier molecular flexibility index (Phi) is 5.97. The number of piperazine rings is 1. The van der Waals surface area contributed by atoms with E-state index >= 15 is 0 Å². The molecule has 1 aliphatic heterocycles. The maximum Gasteiger partial charge on any atom is 0.126 e. The number of hydrogen-bond donors (Lipinski definition) is 1. The maximum atomic E-state index is 13.8. The van der Waals surface area contributed by atoms with E-state index in [0.717, 1.165) is 79.1 Å². The smallest absolute Gasteiger partial charge is 0.126 e. The summed E-state index contributed by atoms with van der Waals surface area (Å²) in [6.45, 7) is 8.25. The lowest BCUT2D eigenvalue weighted by Crippen LogP contribution is -2.43. The van der Waals surface area contributed by atoms with Gasteiger partial charge >= 0.3 is 0 Å². The molecule has 1 aliphatic rings. The van der Waals surface area contributed by atoms with Crippen LogP contribution >= 0.6 is 0 Å². The molecule has 0 atom stereocenters. The molecule has 0 saturated carbocycles. The van der Waals surface area contributed by atoms with Gasteiger partial charge in [0.1, 0.15) is 5.82 Å². The summed E-state index contributed by atoms with van der Waals surface area (Å²) in [4.78, 5) is 11.8. The lowest BCUT2D eigenvalue weighted by molar-refractivity contribution is 0.235. The van der Waals surface area contributed by atoms with E-state index in [1.54, 1.807) is 19.2 Å². The number of nitrogens with zero attached hydrogens (tertiary/aromatic N) is 4. The molecule has 0 spiro atoms. The third-order valence-corrected chi connectivity index (χ3v) is 6.25. The average molecular weight is 430 g/mol. The highest BCUT2D eigenvalue weighted by Crippen LogP contribution is 2.32. The molecule has 2 aromatic heterocycles. The third kappa shape index (κ3) is 4.29. The predicted molar refractivity (Wildman–Crippen MR) is 127 cm³/mol. The van der Waals surface area contributed by atoms with Crippen molar-refractivity contribution in [3.05, 3.63) is 72.4 Å². The molecule has 0 aliphatic carbocycles. The van der Waals surface area contributed by atoms with Crippen LogP contribution < -0.4 is 5.32 Å². The number of rotatable bonds is 6. The van der Waals surface area contributed by atoms with E-state index in [0.29, 0.717) is 5.56 Å². The van der Waals surface area contributed by atoms with Crippen LogP contribution in [-0.4, -0.2) is 52.2 Å². The lowest BCUT2D eigenvalue weighted by Gasteiger charge is -2.27. The van der Waals surface area contributed by atoms with Gasteiger partial charge < -0.3 is 14.8 Å². The van der Waals surface area contributed by atoms with E-state index < -0.39 is 0 Å². The minimum atomic E-state index is -0.197. The molecule has 1 N–H and O–H groups in total. The van der Waals surface area contributed by atoms with E-state index in [4.69, 9.17) is 0 Å². The first-order valence-electron chi connectivity index (χ1n) is 11.3. The highest BCUT2D eigenvalue weighted by atomic mass is 19.1. The number of aryl methyl sites for hydroxylation is 2. The number of aromatic nitrogens is 3. The quantitative estimate of drug-likeness (QED) is 0.490. The predicted octanol–water partition coefficient (Wildman–Crippen LogP) is 4.51. The Bertz CT molecular complexity index is 1230. The Morgan fingerprint density at radius 3 is 2.66 bits per heavy atom. The summed E-state index contributed by atoms with van der Waals surface area (Å²) in [7, 11) is 0. The molecule has 0 bridgehead atoms. The minimum absolute atomic E-state index is 0.197. The van der Waals surface area contributed by atoms with Crippen molar-refractivity contribution in [3.63, 3.8) is 0 Å². The fourth-order valence-corrected chi connectivity index (χ4v) is 4.46. The molecule has 0 radical (unpaired) electrons. The fourth-order valence-electron chi connectivity index (χ4n) is 4.46. The van der Waals surface area contributed by atoms with Crippen LogP contribution in [0.15, 0.2) is 61.1 Å². The number of pyridine rings is 1. The maximum absolute atomic E-state index is 13.8. The summed E-state index contributed by atoms with van der Waals surface area (Å²) in [5.74, 6) is -0.197. The lowest BCUT2D eigenvalue weighted by atomic mass is 9.98. The van der Waals surface area contributed by atoms with Gasteiger partial charge in [-0.1, -0.05) is 12.1 Å². The zero-order valence-electron chi connectivity index (χ0n) is 18.4. The Hall–Kier alpha value is -3.09. The molecule has 4 aromatic rings. The normalized spacial score (nSPS) is 14.8. The summed E-state index contributed by atoms with van der Waals surface area (Å²) in [5.41, 5.74) is 6.66. The van der Waals surface area contributed by atoms with Crippen molar-refractivity contribution in [3.8, 4) is 22.4 Å². The molecule has 0 unspecified atom stereocenters. The molecule has 3 heterocycles. The van der Waals surface area contributed by atoms with E-state index in [2.05, 4.69) is 49.0 Å². The highest BCUT2D eigenvalue weighted by Gasteiger charge is 2.13. The molecule has 6 heteroatoms. The van der Waals surface area contributed by atoms with Crippen molar-refractivity contribution in [2.45, 2.75) is 19.9 Å². The Morgan fingerprint density at radius 2 is 1.81 bits per heavy atom. The van der Waals surface area contributed by atoms with Crippen molar-refractivity contribution in [2.24, 2.45) is 0 Å². The van der Waals surface area contributed by atoms with E-state index in [1.807, 2.05) is 18.5 Å². The number of fused-ring (bicyclic) bond motifs is 1. The number of halogens is 1. The van der Waals surface area contributed by atoms with Gasteiger partial charge in [-0.15, -0.1) is 0 Å². The molecule has 5 nitrogen and oxygen atoms in total. The second-order valence-electron chi connectivity index (χ2n) is 8.45. The number of nitrogens with one attached hydrogen (secondary N) is 1. The zero-order chi connectivity index (χ0) is 21.9. The first-order chi connectivity index (χ1) is 15.7. The first-order valence-corrected chi connectivity index (χ1v) is 11.3. The van der Waals surface area contributed by atoms with Crippen molar-refractivity contribution < 1.29 is 4.39 Å². The van der Waals surface area contributed by atoms with E-state index in [1.165, 1.54) is 6.07 Å². The van der Waals surface area contributed by atoms with Crippen LogP contribution in [0.4, 0.5) is 4.39 Å². The molecule has 164 valence electrons. The van der Waals surface area contributed by atoms with Crippen LogP contribution in [0.5, 0.6) is 0 Å². The van der Waals surface area contributed by atoms with Gasteiger partial charge in [0, 0.05) is 50.0 Å². The van der Waals surface area contributed by atoms with Crippen LogP contribution in [0.3, 0.4) is 0 Å².